The SMILES string of the molecule is COc1ccc2c(=O)c(I)c(-c3ccc(OCc4ccccc4)cc3)oc2c1C1CC1. The van der Waals surface area contributed by atoms with Gasteiger partial charge in [-0.25, -0.2) is 0 Å². The van der Waals surface area contributed by atoms with Gasteiger partial charge in [-0.15, -0.1) is 0 Å². The van der Waals surface area contributed by atoms with Crippen molar-refractivity contribution in [3.05, 3.63) is 91.7 Å². The summed E-state index contributed by atoms with van der Waals surface area (Å²) in [5.74, 6) is 2.53. The third-order valence-electron chi connectivity index (χ3n) is 5.57. The molecular weight excluding hydrogens is 503 g/mol. The molecule has 0 amide bonds. The van der Waals surface area contributed by atoms with Crippen LogP contribution in [0, 0.1) is 3.57 Å². The highest BCUT2D eigenvalue weighted by Gasteiger charge is 2.31. The summed E-state index contributed by atoms with van der Waals surface area (Å²) in [4.78, 5) is 13.1. The molecule has 0 saturated heterocycles. The van der Waals surface area contributed by atoms with Crippen LogP contribution in [0.2, 0.25) is 0 Å². The van der Waals surface area contributed by atoms with Crippen molar-refractivity contribution in [2.45, 2.75) is 25.4 Å². The number of ether oxygens (including phenoxy) is 2. The van der Waals surface area contributed by atoms with Crippen LogP contribution in [0.1, 0.15) is 29.9 Å². The summed E-state index contributed by atoms with van der Waals surface area (Å²) in [6.07, 6.45) is 2.18. The quantitative estimate of drug-likeness (QED) is 0.269. The minimum Gasteiger partial charge on any atom is -0.496 e. The highest BCUT2D eigenvalue weighted by atomic mass is 127. The third-order valence-corrected chi connectivity index (χ3v) is 6.55. The summed E-state index contributed by atoms with van der Waals surface area (Å²) in [6.45, 7) is 0.507. The van der Waals surface area contributed by atoms with Gasteiger partial charge in [0.25, 0.3) is 0 Å². The molecule has 1 aromatic heterocycles. The Morgan fingerprint density at radius 1 is 1.00 bits per heavy atom. The van der Waals surface area contributed by atoms with Crippen LogP contribution in [-0.4, -0.2) is 7.11 Å². The number of rotatable bonds is 6. The Kier molecular flexibility index (Phi) is 5.44. The Morgan fingerprint density at radius 2 is 1.74 bits per heavy atom. The molecule has 31 heavy (non-hydrogen) atoms. The summed E-state index contributed by atoms with van der Waals surface area (Å²) in [5.41, 5.74) is 3.61. The number of halogens is 1. The average molecular weight is 524 g/mol. The fourth-order valence-corrected chi connectivity index (χ4v) is 4.52. The Labute approximate surface area is 194 Å². The summed E-state index contributed by atoms with van der Waals surface area (Å²) >= 11 is 2.08. The van der Waals surface area contributed by atoms with Gasteiger partial charge < -0.3 is 13.9 Å². The van der Waals surface area contributed by atoms with Gasteiger partial charge >= 0.3 is 0 Å². The maximum absolute atomic E-state index is 13.1. The van der Waals surface area contributed by atoms with Crippen molar-refractivity contribution in [1.82, 2.24) is 0 Å². The van der Waals surface area contributed by atoms with E-state index in [4.69, 9.17) is 13.9 Å². The molecule has 156 valence electrons. The second-order valence-corrected chi connectivity index (χ2v) is 8.78. The first-order valence-corrected chi connectivity index (χ1v) is 11.3. The van der Waals surface area contributed by atoms with Crippen molar-refractivity contribution in [2.75, 3.05) is 7.11 Å². The van der Waals surface area contributed by atoms with Gasteiger partial charge in [0.1, 0.15) is 27.3 Å². The number of fused-ring (bicyclic) bond motifs is 1. The molecule has 1 fully saturated rings. The minimum atomic E-state index is -0.00851. The van der Waals surface area contributed by atoms with Gasteiger partial charge in [-0.1, -0.05) is 30.3 Å². The molecule has 0 atom stereocenters. The predicted octanol–water partition coefficient (Wildman–Crippen LogP) is 6.53. The van der Waals surface area contributed by atoms with Gasteiger partial charge in [0, 0.05) is 11.1 Å². The molecule has 5 rings (SSSR count). The van der Waals surface area contributed by atoms with E-state index in [-0.39, 0.29) is 5.43 Å². The molecule has 0 spiro atoms. The molecule has 0 aliphatic heterocycles. The van der Waals surface area contributed by atoms with Crippen LogP contribution in [0.3, 0.4) is 0 Å². The van der Waals surface area contributed by atoms with E-state index in [9.17, 15) is 4.79 Å². The van der Waals surface area contributed by atoms with Gasteiger partial charge in [-0.05, 0) is 83.3 Å². The first-order chi connectivity index (χ1) is 15.2. The molecule has 0 bridgehead atoms. The topological polar surface area (TPSA) is 48.7 Å². The molecule has 4 nitrogen and oxygen atoms in total. The molecular formula is C26H21IO4. The van der Waals surface area contributed by atoms with Crippen LogP contribution < -0.4 is 14.9 Å². The van der Waals surface area contributed by atoms with Gasteiger partial charge in [-0.2, -0.15) is 0 Å². The van der Waals surface area contributed by atoms with Gasteiger partial charge in [-0.3, -0.25) is 4.79 Å². The summed E-state index contributed by atoms with van der Waals surface area (Å²) < 4.78 is 18.4. The largest absolute Gasteiger partial charge is 0.496 e. The Balaban J connectivity index is 1.51. The third kappa shape index (κ3) is 3.94. The molecule has 0 unspecified atom stereocenters. The second-order valence-electron chi connectivity index (χ2n) is 7.71. The molecule has 1 saturated carbocycles. The predicted molar refractivity (Wildman–Crippen MR) is 130 cm³/mol. The number of benzene rings is 3. The van der Waals surface area contributed by atoms with Gasteiger partial charge in [0.05, 0.1) is 12.5 Å². The zero-order valence-electron chi connectivity index (χ0n) is 17.1. The smallest absolute Gasteiger partial charge is 0.206 e. The number of hydrogen-bond donors (Lipinski definition) is 0. The zero-order valence-corrected chi connectivity index (χ0v) is 19.2. The van der Waals surface area contributed by atoms with Crippen LogP contribution in [0.15, 0.2) is 75.9 Å². The molecule has 5 heteroatoms. The molecule has 4 aromatic rings. The lowest BCUT2D eigenvalue weighted by Gasteiger charge is -2.13. The van der Waals surface area contributed by atoms with Crippen LogP contribution in [-0.2, 0) is 6.61 Å². The second kappa shape index (κ2) is 8.38. The normalized spacial score (nSPS) is 13.4. The van der Waals surface area contributed by atoms with E-state index < -0.39 is 0 Å². The zero-order chi connectivity index (χ0) is 21.4. The molecule has 1 aliphatic rings. The fraction of sp³-hybridized carbons (Fsp3) is 0.192. The van der Waals surface area contributed by atoms with Crippen molar-refractivity contribution in [1.29, 1.82) is 0 Å². The van der Waals surface area contributed by atoms with E-state index >= 15 is 0 Å². The van der Waals surface area contributed by atoms with E-state index in [1.165, 1.54) is 0 Å². The standard InChI is InChI=1S/C26H21IO4/c1-29-21-14-13-20-24(28)23(27)25(31-26(20)22(21)17-7-8-17)18-9-11-19(12-10-18)30-15-16-5-3-2-4-6-16/h2-6,9-14,17H,7-8,15H2,1H3. The summed E-state index contributed by atoms with van der Waals surface area (Å²) in [5, 5.41) is 0.610. The molecule has 0 N–H and O–H groups in total. The van der Waals surface area contributed by atoms with Crippen LogP contribution in [0.4, 0.5) is 0 Å². The first-order valence-electron chi connectivity index (χ1n) is 10.3. The van der Waals surface area contributed by atoms with Crippen LogP contribution >= 0.6 is 22.6 Å². The maximum Gasteiger partial charge on any atom is 0.206 e. The van der Waals surface area contributed by atoms with Crippen molar-refractivity contribution in [2.24, 2.45) is 0 Å². The maximum atomic E-state index is 13.1. The van der Waals surface area contributed by atoms with E-state index in [2.05, 4.69) is 22.6 Å². The Hall–Kier alpha value is -2.80. The van der Waals surface area contributed by atoms with Crippen molar-refractivity contribution < 1.29 is 13.9 Å². The van der Waals surface area contributed by atoms with Gasteiger partial charge in [0.2, 0.25) is 5.43 Å². The first kappa shape index (κ1) is 20.1. The lowest BCUT2D eigenvalue weighted by molar-refractivity contribution is 0.306. The average Bonchev–Trinajstić information content (AvgIpc) is 3.65. The van der Waals surface area contributed by atoms with Crippen LogP contribution in [0.5, 0.6) is 11.5 Å². The Bertz CT molecular complexity index is 1290. The van der Waals surface area contributed by atoms with Crippen LogP contribution in [0.25, 0.3) is 22.3 Å². The summed E-state index contributed by atoms with van der Waals surface area (Å²) in [6, 6.07) is 21.4. The van der Waals surface area contributed by atoms with Crippen molar-refractivity contribution in [3.63, 3.8) is 0 Å². The highest BCUT2D eigenvalue weighted by Crippen LogP contribution is 2.48. The summed E-state index contributed by atoms with van der Waals surface area (Å²) in [7, 11) is 1.66. The van der Waals surface area contributed by atoms with E-state index in [1.807, 2.05) is 60.7 Å². The molecule has 3 aromatic carbocycles. The van der Waals surface area contributed by atoms with E-state index in [0.717, 1.165) is 41.0 Å². The van der Waals surface area contributed by atoms with Crippen molar-refractivity contribution in [3.8, 4) is 22.8 Å². The minimum absolute atomic E-state index is 0.00851. The molecule has 1 aliphatic carbocycles. The lowest BCUT2D eigenvalue weighted by Crippen LogP contribution is -2.09. The van der Waals surface area contributed by atoms with E-state index in [1.54, 1.807) is 13.2 Å². The number of methoxy groups -OCH3 is 1. The lowest BCUT2D eigenvalue weighted by atomic mass is 10.0. The molecule has 1 heterocycles. The monoisotopic (exact) mass is 524 g/mol. The van der Waals surface area contributed by atoms with E-state index in [0.29, 0.717) is 32.8 Å². The highest BCUT2D eigenvalue weighted by molar-refractivity contribution is 14.1. The molecule has 0 radical (unpaired) electrons. The fourth-order valence-electron chi connectivity index (χ4n) is 3.80. The Morgan fingerprint density at radius 3 is 2.42 bits per heavy atom. The number of hydrogen-bond acceptors (Lipinski definition) is 4. The van der Waals surface area contributed by atoms with Crippen molar-refractivity contribution >= 4 is 33.6 Å². The van der Waals surface area contributed by atoms with Gasteiger partial charge in [0.15, 0.2) is 5.76 Å².